The number of carbonyl (C=O) groups excluding carboxylic acids is 2. The lowest BCUT2D eigenvalue weighted by Crippen LogP contribution is -2.43. The fraction of sp³-hybridized carbons (Fsp3) is 0.300. The number of fused-ring (bicyclic) bond motifs is 1. The molecule has 202 valence electrons. The van der Waals surface area contributed by atoms with Gasteiger partial charge in [0.05, 0.1) is 17.9 Å². The number of ether oxygens (including phenoxy) is 2. The molecule has 0 saturated carbocycles. The number of hydrogen-bond acceptors (Lipinski definition) is 7. The third-order valence-electron chi connectivity index (χ3n) is 5.34. The third kappa shape index (κ3) is 7.29. The highest BCUT2D eigenvalue weighted by atomic mass is 35.5. The highest BCUT2D eigenvalue weighted by Crippen LogP contribution is 2.31. The van der Waals surface area contributed by atoms with Crippen molar-refractivity contribution in [2.24, 2.45) is 0 Å². The van der Waals surface area contributed by atoms with E-state index in [1.807, 2.05) is 54.6 Å². The Kier molecular flexibility index (Phi) is 7.88. The Hall–Kier alpha value is -4.04. The largest absolute Gasteiger partial charge is 0.443 e. The molecule has 0 bridgehead atoms. The molecule has 0 aliphatic carbocycles. The Balaban J connectivity index is 1.69. The SMILES string of the molecule is CC(C)(C)OC(=O)N(Cc1ccc(-c2nc3ccc(Cl)nc3nc2-c2ccccc2)cc1)C(=O)OC(C)(C)C. The zero-order valence-electron chi connectivity index (χ0n) is 22.9. The minimum atomic E-state index is -0.779. The standard InChI is InChI=1S/C30H31ClN4O4/c1-29(2,3)38-27(36)35(28(37)39-30(4,5)6)18-19-12-14-21(15-13-19)24-25(20-10-8-7-9-11-20)34-26-22(32-24)16-17-23(31)33-26/h7-17H,18H2,1-6H3. The number of carbonyl (C=O) groups is 2. The molecule has 8 nitrogen and oxygen atoms in total. The first kappa shape index (κ1) is 28.0. The highest BCUT2D eigenvalue weighted by Gasteiger charge is 2.31. The van der Waals surface area contributed by atoms with Crippen LogP contribution in [0, 0.1) is 0 Å². The fourth-order valence-corrected chi connectivity index (χ4v) is 3.85. The van der Waals surface area contributed by atoms with E-state index >= 15 is 0 Å². The van der Waals surface area contributed by atoms with Crippen LogP contribution < -0.4 is 0 Å². The van der Waals surface area contributed by atoms with E-state index < -0.39 is 23.4 Å². The number of amides is 2. The van der Waals surface area contributed by atoms with Gasteiger partial charge >= 0.3 is 12.2 Å². The lowest BCUT2D eigenvalue weighted by Gasteiger charge is -2.28. The van der Waals surface area contributed by atoms with Crippen molar-refractivity contribution in [3.8, 4) is 22.5 Å². The molecule has 0 aliphatic rings. The van der Waals surface area contributed by atoms with Crippen molar-refractivity contribution >= 4 is 35.0 Å². The molecule has 2 aromatic heterocycles. The molecular formula is C30H31ClN4O4. The number of benzene rings is 2. The van der Waals surface area contributed by atoms with Crippen molar-refractivity contribution in [3.05, 3.63) is 77.4 Å². The van der Waals surface area contributed by atoms with Gasteiger partial charge in [-0.15, -0.1) is 0 Å². The van der Waals surface area contributed by atoms with Crippen molar-refractivity contribution in [1.82, 2.24) is 19.9 Å². The topological polar surface area (TPSA) is 94.5 Å². The monoisotopic (exact) mass is 546 g/mol. The number of aromatic nitrogens is 3. The first-order valence-corrected chi connectivity index (χ1v) is 12.9. The zero-order chi connectivity index (χ0) is 28.4. The molecule has 9 heteroatoms. The Morgan fingerprint density at radius 2 is 1.26 bits per heavy atom. The summed E-state index contributed by atoms with van der Waals surface area (Å²) in [6.07, 6.45) is -1.56. The molecule has 0 unspecified atom stereocenters. The number of rotatable bonds is 4. The lowest BCUT2D eigenvalue weighted by atomic mass is 10.0. The van der Waals surface area contributed by atoms with Crippen LogP contribution in [0.2, 0.25) is 5.15 Å². The molecule has 4 rings (SSSR count). The predicted octanol–water partition coefficient (Wildman–Crippen LogP) is 7.68. The molecule has 0 atom stereocenters. The van der Waals surface area contributed by atoms with Crippen LogP contribution in [-0.4, -0.2) is 43.2 Å². The fourth-order valence-electron chi connectivity index (χ4n) is 3.71. The average molecular weight is 547 g/mol. The maximum Gasteiger partial charge on any atom is 0.420 e. The van der Waals surface area contributed by atoms with Gasteiger partial charge < -0.3 is 9.47 Å². The van der Waals surface area contributed by atoms with E-state index in [1.165, 1.54) is 0 Å². The van der Waals surface area contributed by atoms with Gasteiger partial charge in [0.15, 0.2) is 5.65 Å². The summed E-state index contributed by atoms with van der Waals surface area (Å²) in [6.45, 7) is 10.4. The van der Waals surface area contributed by atoms with Crippen LogP contribution in [0.1, 0.15) is 47.1 Å². The lowest BCUT2D eigenvalue weighted by molar-refractivity contribution is -0.000249. The second-order valence-electron chi connectivity index (χ2n) is 11.0. The Morgan fingerprint density at radius 3 is 1.82 bits per heavy atom. The molecule has 0 saturated heterocycles. The van der Waals surface area contributed by atoms with Crippen molar-refractivity contribution in [3.63, 3.8) is 0 Å². The summed E-state index contributed by atoms with van der Waals surface area (Å²) in [5.41, 5.74) is 3.24. The van der Waals surface area contributed by atoms with E-state index in [0.717, 1.165) is 16.0 Å². The van der Waals surface area contributed by atoms with Gasteiger partial charge in [-0.1, -0.05) is 66.2 Å². The number of imide groups is 1. The molecule has 0 fully saturated rings. The summed E-state index contributed by atoms with van der Waals surface area (Å²) in [5, 5.41) is 0.340. The normalized spacial score (nSPS) is 11.8. The van der Waals surface area contributed by atoms with Gasteiger partial charge in [-0.25, -0.2) is 29.4 Å². The van der Waals surface area contributed by atoms with Crippen LogP contribution >= 0.6 is 11.6 Å². The number of pyridine rings is 1. The number of hydrogen-bond donors (Lipinski definition) is 0. The van der Waals surface area contributed by atoms with Gasteiger partial charge in [0, 0.05) is 11.1 Å². The van der Waals surface area contributed by atoms with Crippen LogP contribution in [0.4, 0.5) is 9.59 Å². The summed E-state index contributed by atoms with van der Waals surface area (Å²) in [7, 11) is 0. The summed E-state index contributed by atoms with van der Waals surface area (Å²) in [4.78, 5) is 40.7. The van der Waals surface area contributed by atoms with Crippen LogP contribution in [-0.2, 0) is 16.0 Å². The first-order valence-electron chi connectivity index (χ1n) is 12.5. The summed E-state index contributed by atoms with van der Waals surface area (Å²) < 4.78 is 10.9. The Morgan fingerprint density at radius 1 is 0.718 bits per heavy atom. The molecule has 0 N–H and O–H groups in total. The van der Waals surface area contributed by atoms with Gasteiger partial charge in [0.1, 0.15) is 21.9 Å². The first-order chi connectivity index (χ1) is 18.3. The van der Waals surface area contributed by atoms with E-state index in [4.69, 9.17) is 31.0 Å². The molecule has 2 heterocycles. The molecule has 2 amide bonds. The quantitative estimate of drug-likeness (QED) is 0.242. The molecule has 0 aliphatic heterocycles. The van der Waals surface area contributed by atoms with Crippen molar-refractivity contribution in [2.45, 2.75) is 59.3 Å². The second kappa shape index (κ2) is 11.0. The van der Waals surface area contributed by atoms with Crippen molar-refractivity contribution in [2.75, 3.05) is 0 Å². The average Bonchev–Trinajstić information content (AvgIpc) is 2.85. The molecule has 0 radical (unpaired) electrons. The van der Waals surface area contributed by atoms with E-state index in [1.54, 1.807) is 53.7 Å². The zero-order valence-corrected chi connectivity index (χ0v) is 23.6. The molecular weight excluding hydrogens is 516 g/mol. The van der Waals surface area contributed by atoms with Crippen LogP contribution in [0.3, 0.4) is 0 Å². The van der Waals surface area contributed by atoms with E-state index in [9.17, 15) is 9.59 Å². The van der Waals surface area contributed by atoms with Crippen LogP contribution in [0.25, 0.3) is 33.7 Å². The van der Waals surface area contributed by atoms with Gasteiger partial charge in [0.2, 0.25) is 0 Å². The summed E-state index contributed by atoms with van der Waals surface area (Å²) in [5.74, 6) is 0. The number of nitrogens with zero attached hydrogens (tertiary/aromatic N) is 4. The second-order valence-corrected chi connectivity index (χ2v) is 11.4. The predicted molar refractivity (Wildman–Crippen MR) is 151 cm³/mol. The van der Waals surface area contributed by atoms with Gasteiger partial charge in [-0.05, 0) is 59.2 Å². The maximum atomic E-state index is 12.9. The molecule has 2 aromatic carbocycles. The number of halogens is 1. The Bertz CT molecular complexity index is 1470. The highest BCUT2D eigenvalue weighted by molar-refractivity contribution is 6.29. The summed E-state index contributed by atoms with van der Waals surface area (Å²) >= 11 is 6.10. The maximum absolute atomic E-state index is 12.9. The summed E-state index contributed by atoms with van der Waals surface area (Å²) in [6, 6.07) is 20.6. The van der Waals surface area contributed by atoms with Gasteiger partial charge in [0.25, 0.3) is 0 Å². The van der Waals surface area contributed by atoms with E-state index in [2.05, 4.69) is 4.98 Å². The molecule has 4 aromatic rings. The van der Waals surface area contributed by atoms with Crippen molar-refractivity contribution in [1.29, 1.82) is 0 Å². The minimum absolute atomic E-state index is 0.0263. The van der Waals surface area contributed by atoms with Gasteiger partial charge in [-0.2, -0.15) is 0 Å². The molecule has 0 spiro atoms. The van der Waals surface area contributed by atoms with Crippen LogP contribution in [0.15, 0.2) is 66.7 Å². The Labute approximate surface area is 233 Å². The van der Waals surface area contributed by atoms with E-state index in [-0.39, 0.29) is 6.54 Å². The minimum Gasteiger partial charge on any atom is -0.443 e. The smallest absolute Gasteiger partial charge is 0.420 e. The molecule has 39 heavy (non-hydrogen) atoms. The van der Waals surface area contributed by atoms with Gasteiger partial charge in [-0.3, -0.25) is 0 Å². The van der Waals surface area contributed by atoms with Crippen LogP contribution in [0.5, 0.6) is 0 Å². The van der Waals surface area contributed by atoms with Crippen molar-refractivity contribution < 1.29 is 19.1 Å². The third-order valence-corrected chi connectivity index (χ3v) is 5.55. The van der Waals surface area contributed by atoms with E-state index in [0.29, 0.717) is 33.3 Å².